The molecule has 1 amide bonds. The number of benzene rings is 1. The van der Waals surface area contributed by atoms with Crippen molar-refractivity contribution in [1.29, 1.82) is 0 Å². The van der Waals surface area contributed by atoms with Crippen molar-refractivity contribution in [2.45, 2.75) is 0 Å². The Kier molecular flexibility index (Phi) is 5.19. The molecule has 1 rings (SSSR count). The van der Waals surface area contributed by atoms with Gasteiger partial charge in [0.1, 0.15) is 0 Å². The van der Waals surface area contributed by atoms with Crippen LogP contribution in [-0.4, -0.2) is 17.0 Å². The Bertz CT molecular complexity index is 457. The number of carboxylic acid groups (broad SMARTS) is 1. The molecule has 84 valence electrons. The van der Waals surface area contributed by atoms with Crippen LogP contribution in [0.1, 0.15) is 0 Å². The van der Waals surface area contributed by atoms with E-state index in [1.54, 1.807) is 6.07 Å². The van der Waals surface area contributed by atoms with E-state index in [1.165, 1.54) is 0 Å². The summed E-state index contributed by atoms with van der Waals surface area (Å²) in [5, 5.41) is 10.9. The number of hydrogen-bond acceptors (Lipinski definition) is 2. The molecular formula is C10H7I2NO3. The van der Waals surface area contributed by atoms with Gasteiger partial charge >= 0.3 is 5.97 Å². The molecule has 1 aromatic rings. The highest BCUT2D eigenvalue weighted by atomic mass is 127. The second-order valence-electron chi connectivity index (χ2n) is 2.78. The number of amides is 1. The Morgan fingerprint density at radius 2 is 1.94 bits per heavy atom. The molecule has 6 heteroatoms. The van der Waals surface area contributed by atoms with Crippen molar-refractivity contribution in [3.8, 4) is 0 Å². The van der Waals surface area contributed by atoms with Crippen LogP contribution in [0.4, 0.5) is 5.69 Å². The van der Waals surface area contributed by atoms with Gasteiger partial charge in [-0.15, -0.1) is 0 Å². The summed E-state index contributed by atoms with van der Waals surface area (Å²) in [6, 6.07) is 5.55. The summed E-state index contributed by atoms with van der Waals surface area (Å²) in [7, 11) is 0. The van der Waals surface area contributed by atoms with Crippen LogP contribution < -0.4 is 5.32 Å². The fourth-order valence-electron chi connectivity index (χ4n) is 0.912. The summed E-state index contributed by atoms with van der Waals surface area (Å²) in [5.41, 5.74) is 0.668. The van der Waals surface area contributed by atoms with Crippen LogP contribution in [-0.2, 0) is 9.59 Å². The van der Waals surface area contributed by atoms with Crippen LogP contribution in [0.3, 0.4) is 0 Å². The Balaban J connectivity index is 2.73. The Labute approximate surface area is 119 Å². The largest absolute Gasteiger partial charge is 0.478 e. The number of aliphatic carboxylic acids is 1. The second-order valence-corrected chi connectivity index (χ2v) is 5.19. The molecule has 4 nitrogen and oxygen atoms in total. The van der Waals surface area contributed by atoms with Crippen molar-refractivity contribution in [3.63, 3.8) is 0 Å². The highest BCUT2D eigenvalue weighted by molar-refractivity contribution is 14.1. The van der Waals surface area contributed by atoms with Gasteiger partial charge in [-0.25, -0.2) is 4.79 Å². The van der Waals surface area contributed by atoms with Gasteiger partial charge in [-0.05, 0) is 63.4 Å². The van der Waals surface area contributed by atoms with E-state index in [-0.39, 0.29) is 0 Å². The molecule has 0 saturated carbocycles. The first kappa shape index (κ1) is 13.4. The van der Waals surface area contributed by atoms with Crippen LogP contribution in [0, 0.1) is 7.14 Å². The number of halogens is 2. The molecule has 0 aromatic heterocycles. The Hall–Kier alpha value is -0.640. The van der Waals surface area contributed by atoms with Gasteiger partial charge in [-0.3, -0.25) is 4.79 Å². The molecule has 1 aromatic carbocycles. The molecule has 0 aliphatic heterocycles. The van der Waals surface area contributed by atoms with Gasteiger partial charge in [0.15, 0.2) is 0 Å². The quantitative estimate of drug-likeness (QED) is 0.558. The van der Waals surface area contributed by atoms with Crippen molar-refractivity contribution in [2.24, 2.45) is 0 Å². The van der Waals surface area contributed by atoms with E-state index in [2.05, 4.69) is 50.5 Å². The van der Waals surface area contributed by atoms with Crippen LogP contribution in [0.25, 0.3) is 0 Å². The number of rotatable bonds is 3. The lowest BCUT2D eigenvalue weighted by Crippen LogP contribution is -2.09. The fourth-order valence-corrected chi connectivity index (χ4v) is 2.65. The van der Waals surface area contributed by atoms with Gasteiger partial charge in [0, 0.05) is 19.3 Å². The molecule has 0 bridgehead atoms. The maximum atomic E-state index is 11.3. The van der Waals surface area contributed by atoms with E-state index >= 15 is 0 Å². The van der Waals surface area contributed by atoms with Crippen LogP contribution >= 0.6 is 45.2 Å². The predicted octanol–water partition coefficient (Wildman–Crippen LogP) is 2.48. The van der Waals surface area contributed by atoms with E-state index in [0.29, 0.717) is 5.69 Å². The average molecular weight is 443 g/mol. The third-order valence-corrected chi connectivity index (χ3v) is 3.13. The smallest absolute Gasteiger partial charge is 0.328 e. The van der Waals surface area contributed by atoms with Gasteiger partial charge in [-0.2, -0.15) is 0 Å². The lowest BCUT2D eigenvalue weighted by Gasteiger charge is -2.04. The van der Waals surface area contributed by atoms with Gasteiger partial charge < -0.3 is 10.4 Å². The highest BCUT2D eigenvalue weighted by Crippen LogP contribution is 2.20. The van der Waals surface area contributed by atoms with Gasteiger partial charge in [0.25, 0.3) is 0 Å². The molecule has 0 fully saturated rings. The van der Waals surface area contributed by atoms with E-state index in [1.807, 2.05) is 12.1 Å². The minimum atomic E-state index is -1.15. The normalized spacial score (nSPS) is 10.4. The first-order chi connectivity index (χ1) is 7.49. The molecule has 0 saturated heterocycles. The number of carboxylic acids is 1. The van der Waals surface area contributed by atoms with Crippen molar-refractivity contribution in [1.82, 2.24) is 0 Å². The number of carbonyl (C=O) groups excluding carboxylic acids is 1. The molecule has 0 unspecified atom stereocenters. The first-order valence-corrected chi connectivity index (χ1v) is 6.32. The molecule has 0 spiro atoms. The summed E-state index contributed by atoms with van der Waals surface area (Å²) < 4.78 is 1.97. The zero-order valence-corrected chi connectivity index (χ0v) is 12.2. The van der Waals surface area contributed by atoms with Crippen molar-refractivity contribution in [3.05, 3.63) is 37.5 Å². The molecule has 0 atom stereocenters. The molecule has 0 heterocycles. The number of anilines is 1. The Morgan fingerprint density at radius 3 is 2.50 bits per heavy atom. The van der Waals surface area contributed by atoms with Crippen LogP contribution in [0.15, 0.2) is 30.4 Å². The monoisotopic (exact) mass is 443 g/mol. The summed E-state index contributed by atoms with van der Waals surface area (Å²) in [4.78, 5) is 21.5. The van der Waals surface area contributed by atoms with E-state index in [4.69, 9.17) is 5.11 Å². The third-order valence-electron chi connectivity index (χ3n) is 1.57. The second kappa shape index (κ2) is 6.18. The number of hydrogen-bond donors (Lipinski definition) is 2. The van der Waals surface area contributed by atoms with Crippen molar-refractivity contribution in [2.75, 3.05) is 5.32 Å². The summed E-state index contributed by atoms with van der Waals surface area (Å²) in [5.74, 6) is -1.60. The highest BCUT2D eigenvalue weighted by Gasteiger charge is 2.03. The number of carbonyl (C=O) groups is 2. The maximum absolute atomic E-state index is 11.3. The lowest BCUT2D eigenvalue weighted by molar-refractivity contribution is -0.131. The standard InChI is InChI=1S/C10H7I2NO3/c11-6-1-2-8(7(12)5-6)13-9(14)3-4-10(15)16/h1-5H,(H,13,14)(H,15,16). The zero-order chi connectivity index (χ0) is 12.1. The first-order valence-electron chi connectivity index (χ1n) is 4.16. The SMILES string of the molecule is O=C(O)C=CC(=O)Nc1ccc(I)cc1I. The zero-order valence-electron chi connectivity index (χ0n) is 7.91. The van der Waals surface area contributed by atoms with Crippen LogP contribution in [0.2, 0.25) is 0 Å². The average Bonchev–Trinajstić information content (AvgIpc) is 2.19. The van der Waals surface area contributed by atoms with E-state index in [9.17, 15) is 9.59 Å². The molecule has 16 heavy (non-hydrogen) atoms. The molecule has 2 N–H and O–H groups in total. The third kappa shape index (κ3) is 4.47. The fraction of sp³-hybridized carbons (Fsp3) is 0. The van der Waals surface area contributed by atoms with E-state index < -0.39 is 11.9 Å². The van der Waals surface area contributed by atoms with Gasteiger partial charge in [0.2, 0.25) is 5.91 Å². The maximum Gasteiger partial charge on any atom is 0.328 e. The van der Waals surface area contributed by atoms with Gasteiger partial charge in [-0.1, -0.05) is 0 Å². The summed E-state index contributed by atoms with van der Waals surface area (Å²) >= 11 is 4.27. The molecule has 0 aliphatic rings. The van der Waals surface area contributed by atoms with Gasteiger partial charge in [0.05, 0.1) is 5.69 Å². The number of nitrogens with one attached hydrogen (secondary N) is 1. The molecule has 0 radical (unpaired) electrons. The topological polar surface area (TPSA) is 66.4 Å². The van der Waals surface area contributed by atoms with Crippen molar-refractivity contribution < 1.29 is 14.7 Å². The molecule has 0 aliphatic carbocycles. The van der Waals surface area contributed by atoms with Crippen molar-refractivity contribution >= 4 is 62.7 Å². The summed E-state index contributed by atoms with van der Waals surface area (Å²) in [6.07, 6.45) is 1.78. The summed E-state index contributed by atoms with van der Waals surface area (Å²) in [6.45, 7) is 0. The van der Waals surface area contributed by atoms with E-state index in [0.717, 1.165) is 19.3 Å². The Morgan fingerprint density at radius 1 is 1.25 bits per heavy atom. The molecular weight excluding hydrogens is 436 g/mol. The predicted molar refractivity (Wildman–Crippen MR) is 77.3 cm³/mol. The minimum Gasteiger partial charge on any atom is -0.478 e. The van der Waals surface area contributed by atoms with Crippen LogP contribution in [0.5, 0.6) is 0 Å². The lowest BCUT2D eigenvalue weighted by atomic mass is 10.3. The minimum absolute atomic E-state index is 0.457.